The highest BCUT2D eigenvalue weighted by Crippen LogP contribution is 2.27. The van der Waals surface area contributed by atoms with E-state index in [9.17, 15) is 9.59 Å². The maximum Gasteiger partial charge on any atom is 0.323 e. The molecule has 94 valence electrons. The second kappa shape index (κ2) is 7.65. The fourth-order valence-corrected chi connectivity index (χ4v) is 1.57. The minimum atomic E-state index is -1.18. The monoisotopic (exact) mass is 294 g/mol. The van der Waals surface area contributed by atoms with Crippen molar-refractivity contribution < 1.29 is 19.1 Å². The number of carbonyl (C=O) groups excluding carboxylic acids is 2. The molecule has 0 aliphatic rings. The molecule has 0 aromatic carbocycles. The molecule has 0 radical (unpaired) electrons. The lowest BCUT2D eigenvalue weighted by atomic mass is 9.86. The zero-order valence-corrected chi connectivity index (χ0v) is 11.6. The number of hydrogen-bond acceptors (Lipinski definition) is 4. The van der Waals surface area contributed by atoms with Crippen molar-refractivity contribution in [3.63, 3.8) is 0 Å². The number of ether oxygens (including phenoxy) is 2. The van der Waals surface area contributed by atoms with Crippen molar-refractivity contribution in [2.45, 2.75) is 33.6 Å². The Morgan fingerprint density at radius 1 is 1.12 bits per heavy atom. The Morgan fingerprint density at radius 3 is 1.88 bits per heavy atom. The Bertz CT molecular complexity index is 222. The van der Waals surface area contributed by atoms with Crippen LogP contribution in [-0.4, -0.2) is 30.5 Å². The predicted octanol–water partition coefficient (Wildman–Crippen LogP) is 2.29. The zero-order valence-electron chi connectivity index (χ0n) is 10.0. The molecule has 0 amide bonds. The van der Waals surface area contributed by atoms with Crippen molar-refractivity contribution in [1.29, 1.82) is 0 Å². The first-order valence-electron chi connectivity index (χ1n) is 5.43. The molecule has 0 saturated heterocycles. The largest absolute Gasteiger partial charge is 0.465 e. The standard InChI is InChI=1S/C11H19BrO4/c1-4-15-9(13)11(3,7-6-8-12)10(14)16-5-2/h4-8H2,1-3H3. The van der Waals surface area contributed by atoms with Gasteiger partial charge in [-0.15, -0.1) is 0 Å². The summed E-state index contributed by atoms with van der Waals surface area (Å²) >= 11 is 3.27. The molecule has 5 heteroatoms. The van der Waals surface area contributed by atoms with Gasteiger partial charge >= 0.3 is 11.9 Å². The molecular formula is C11H19BrO4. The number of hydrogen-bond donors (Lipinski definition) is 0. The third-order valence-electron chi connectivity index (χ3n) is 2.26. The lowest BCUT2D eigenvalue weighted by Crippen LogP contribution is -2.39. The van der Waals surface area contributed by atoms with Gasteiger partial charge in [-0.3, -0.25) is 9.59 Å². The van der Waals surface area contributed by atoms with Crippen LogP contribution < -0.4 is 0 Å². The van der Waals surface area contributed by atoms with Gasteiger partial charge in [0.25, 0.3) is 0 Å². The fourth-order valence-electron chi connectivity index (χ4n) is 1.29. The van der Waals surface area contributed by atoms with Crippen LogP contribution in [0.3, 0.4) is 0 Å². The van der Waals surface area contributed by atoms with Crippen LogP contribution in [0.1, 0.15) is 33.6 Å². The SMILES string of the molecule is CCOC(=O)C(C)(CCCBr)C(=O)OCC. The van der Waals surface area contributed by atoms with Crippen molar-refractivity contribution >= 4 is 27.9 Å². The Morgan fingerprint density at radius 2 is 1.56 bits per heavy atom. The first-order chi connectivity index (χ1) is 7.52. The Balaban J connectivity index is 4.71. The molecule has 0 fully saturated rings. The minimum absolute atomic E-state index is 0.266. The average molecular weight is 295 g/mol. The van der Waals surface area contributed by atoms with E-state index in [1.807, 2.05) is 0 Å². The summed E-state index contributed by atoms with van der Waals surface area (Å²) in [6.07, 6.45) is 1.14. The fraction of sp³-hybridized carbons (Fsp3) is 0.818. The summed E-state index contributed by atoms with van der Waals surface area (Å²) in [5.41, 5.74) is -1.18. The molecule has 0 N–H and O–H groups in total. The molecule has 0 aliphatic heterocycles. The van der Waals surface area contributed by atoms with Crippen molar-refractivity contribution in [3.05, 3.63) is 0 Å². The normalized spacial score (nSPS) is 11.0. The number of esters is 2. The van der Waals surface area contributed by atoms with Crippen molar-refractivity contribution in [3.8, 4) is 0 Å². The number of rotatable bonds is 7. The summed E-state index contributed by atoms with van der Waals surface area (Å²) in [6, 6.07) is 0. The summed E-state index contributed by atoms with van der Waals surface area (Å²) in [4.78, 5) is 23.5. The van der Waals surface area contributed by atoms with Gasteiger partial charge in [-0.25, -0.2) is 0 Å². The molecule has 16 heavy (non-hydrogen) atoms. The van der Waals surface area contributed by atoms with E-state index >= 15 is 0 Å². The Kier molecular flexibility index (Phi) is 7.38. The quantitative estimate of drug-likeness (QED) is 0.411. The van der Waals surface area contributed by atoms with Gasteiger partial charge in [0.15, 0.2) is 5.41 Å². The second-order valence-electron chi connectivity index (χ2n) is 3.57. The van der Waals surface area contributed by atoms with Gasteiger partial charge in [-0.1, -0.05) is 15.9 Å². The van der Waals surface area contributed by atoms with E-state index in [1.165, 1.54) is 0 Å². The second-order valence-corrected chi connectivity index (χ2v) is 4.36. The van der Waals surface area contributed by atoms with E-state index < -0.39 is 17.4 Å². The molecule has 0 aromatic heterocycles. The molecular weight excluding hydrogens is 276 g/mol. The minimum Gasteiger partial charge on any atom is -0.465 e. The first kappa shape index (κ1) is 15.4. The molecule has 0 spiro atoms. The Labute approximate surface area is 105 Å². The summed E-state index contributed by atoms with van der Waals surface area (Å²) in [6.45, 7) is 5.54. The van der Waals surface area contributed by atoms with Crippen LogP contribution in [-0.2, 0) is 19.1 Å². The van der Waals surface area contributed by atoms with Crippen LogP contribution in [0, 0.1) is 5.41 Å². The van der Waals surface area contributed by atoms with Gasteiger partial charge in [-0.2, -0.15) is 0 Å². The van der Waals surface area contributed by atoms with Crippen molar-refractivity contribution in [2.75, 3.05) is 18.5 Å². The highest BCUT2D eigenvalue weighted by atomic mass is 79.9. The van der Waals surface area contributed by atoms with Gasteiger partial charge in [0, 0.05) is 5.33 Å². The lowest BCUT2D eigenvalue weighted by Gasteiger charge is -2.24. The molecule has 0 unspecified atom stereocenters. The third-order valence-corrected chi connectivity index (χ3v) is 2.82. The highest BCUT2D eigenvalue weighted by Gasteiger charge is 2.43. The van der Waals surface area contributed by atoms with Crippen LogP contribution in [0.4, 0.5) is 0 Å². The van der Waals surface area contributed by atoms with Crippen LogP contribution in [0.2, 0.25) is 0 Å². The zero-order chi connectivity index (χ0) is 12.6. The lowest BCUT2D eigenvalue weighted by molar-refractivity contribution is -0.171. The van der Waals surface area contributed by atoms with E-state index in [0.29, 0.717) is 12.8 Å². The molecule has 0 saturated carbocycles. The third kappa shape index (κ3) is 4.12. The van der Waals surface area contributed by atoms with E-state index in [0.717, 1.165) is 5.33 Å². The molecule has 0 aromatic rings. The summed E-state index contributed by atoms with van der Waals surface area (Å²) in [5, 5.41) is 0.737. The molecule has 0 atom stereocenters. The van der Waals surface area contributed by atoms with Crippen molar-refractivity contribution in [2.24, 2.45) is 5.41 Å². The smallest absolute Gasteiger partial charge is 0.323 e. The number of halogens is 1. The van der Waals surface area contributed by atoms with Gasteiger partial charge in [0.2, 0.25) is 0 Å². The van der Waals surface area contributed by atoms with E-state index in [2.05, 4.69) is 15.9 Å². The van der Waals surface area contributed by atoms with E-state index in [-0.39, 0.29) is 13.2 Å². The van der Waals surface area contributed by atoms with Gasteiger partial charge in [-0.05, 0) is 33.6 Å². The van der Waals surface area contributed by atoms with Crippen LogP contribution in [0.5, 0.6) is 0 Å². The van der Waals surface area contributed by atoms with Crippen LogP contribution in [0.25, 0.3) is 0 Å². The molecule has 0 bridgehead atoms. The number of alkyl halides is 1. The van der Waals surface area contributed by atoms with E-state index in [4.69, 9.17) is 9.47 Å². The van der Waals surface area contributed by atoms with Crippen LogP contribution >= 0.6 is 15.9 Å². The predicted molar refractivity (Wildman–Crippen MR) is 64.4 cm³/mol. The van der Waals surface area contributed by atoms with Crippen LogP contribution in [0.15, 0.2) is 0 Å². The summed E-state index contributed by atoms with van der Waals surface area (Å²) in [7, 11) is 0. The first-order valence-corrected chi connectivity index (χ1v) is 6.55. The average Bonchev–Trinajstić information content (AvgIpc) is 2.26. The highest BCUT2D eigenvalue weighted by molar-refractivity contribution is 9.09. The van der Waals surface area contributed by atoms with Crippen molar-refractivity contribution in [1.82, 2.24) is 0 Å². The maximum atomic E-state index is 11.7. The molecule has 0 rings (SSSR count). The van der Waals surface area contributed by atoms with E-state index in [1.54, 1.807) is 20.8 Å². The summed E-state index contributed by atoms with van der Waals surface area (Å²) < 4.78 is 9.83. The van der Waals surface area contributed by atoms with Gasteiger partial charge in [0.1, 0.15) is 0 Å². The Hall–Kier alpha value is -0.580. The molecule has 0 aliphatic carbocycles. The molecule has 4 nitrogen and oxygen atoms in total. The summed E-state index contributed by atoms with van der Waals surface area (Å²) in [5.74, 6) is -1.01. The maximum absolute atomic E-state index is 11.7. The number of carbonyl (C=O) groups is 2. The molecule has 0 heterocycles. The van der Waals surface area contributed by atoms with Gasteiger partial charge < -0.3 is 9.47 Å². The van der Waals surface area contributed by atoms with Gasteiger partial charge in [0.05, 0.1) is 13.2 Å². The topological polar surface area (TPSA) is 52.6 Å².